The van der Waals surface area contributed by atoms with Crippen molar-refractivity contribution in [3.63, 3.8) is 0 Å². The van der Waals surface area contributed by atoms with Gasteiger partial charge in [-0.2, -0.15) is 0 Å². The highest BCUT2D eigenvalue weighted by Crippen LogP contribution is 2.51. The lowest BCUT2D eigenvalue weighted by Gasteiger charge is -2.30. The number of unbranched alkanes of at least 4 members (excludes halogenated alkanes) is 4. The van der Waals surface area contributed by atoms with Crippen LogP contribution >= 0.6 is 0 Å². The minimum absolute atomic E-state index is 1.10. The van der Waals surface area contributed by atoms with E-state index in [1.54, 1.807) is 22.3 Å². The van der Waals surface area contributed by atoms with Crippen LogP contribution in [-0.4, -0.2) is 0 Å². The van der Waals surface area contributed by atoms with Crippen LogP contribution in [0, 0.1) is 0 Å². The summed E-state index contributed by atoms with van der Waals surface area (Å²) >= 11 is 0. The van der Waals surface area contributed by atoms with Gasteiger partial charge in [-0.15, -0.1) is 0 Å². The molecule has 0 atom stereocenters. The Morgan fingerprint density at radius 2 is 0.717 bits per heavy atom. The molecule has 0 bridgehead atoms. The van der Waals surface area contributed by atoms with Crippen molar-refractivity contribution in [3.8, 4) is 44.5 Å². The summed E-state index contributed by atoms with van der Waals surface area (Å²) in [6.45, 7) is 9.34. The summed E-state index contributed by atoms with van der Waals surface area (Å²) in [5.74, 6) is 0. The van der Waals surface area contributed by atoms with Crippen molar-refractivity contribution in [2.24, 2.45) is 0 Å². The van der Waals surface area contributed by atoms with E-state index < -0.39 is 0 Å². The van der Waals surface area contributed by atoms with E-state index in [4.69, 9.17) is 0 Å². The van der Waals surface area contributed by atoms with Crippen molar-refractivity contribution in [2.45, 2.75) is 105 Å². The van der Waals surface area contributed by atoms with Crippen molar-refractivity contribution in [2.75, 3.05) is 0 Å². The normalized spacial score (nSPS) is 11.2. The van der Waals surface area contributed by atoms with Gasteiger partial charge in [-0.3, -0.25) is 0 Å². The van der Waals surface area contributed by atoms with Crippen molar-refractivity contribution >= 4 is 0 Å². The minimum atomic E-state index is 1.10. The van der Waals surface area contributed by atoms with Crippen LogP contribution in [0.1, 0.15) is 101 Å². The molecule has 0 heterocycles. The van der Waals surface area contributed by atoms with Gasteiger partial charge >= 0.3 is 0 Å². The van der Waals surface area contributed by atoms with E-state index >= 15 is 0 Å². The molecule has 46 heavy (non-hydrogen) atoms. The fourth-order valence-corrected chi connectivity index (χ4v) is 7.24. The van der Waals surface area contributed by atoms with E-state index in [1.807, 2.05) is 0 Å². The zero-order valence-electron chi connectivity index (χ0n) is 28.9. The molecule has 0 radical (unpaired) electrons. The van der Waals surface area contributed by atoms with Gasteiger partial charge in [-0.1, -0.05) is 163 Å². The molecule has 5 aromatic rings. The molecule has 0 amide bonds. The summed E-state index contributed by atoms with van der Waals surface area (Å²) < 4.78 is 0. The Hall–Kier alpha value is -3.90. The van der Waals surface area contributed by atoms with Crippen LogP contribution in [0.5, 0.6) is 0 Å². The molecule has 0 aliphatic rings. The molecule has 0 aliphatic carbocycles. The Labute approximate surface area is 279 Å². The third kappa shape index (κ3) is 7.55. The smallest absolute Gasteiger partial charge is 0.00175 e. The molecule has 0 N–H and O–H groups in total. The van der Waals surface area contributed by atoms with E-state index in [2.05, 4.69) is 137 Å². The predicted octanol–water partition coefficient (Wildman–Crippen LogP) is 13.7. The maximum atomic E-state index is 2.47. The standard InChI is InChI=1S/C46H54/c1-5-9-23-35-30-22-34-40(39(35)31-10-6-2)46-42(33-12-8-4)41(32-11-7-3)43(36-24-16-13-17-25-36)44(37-26-18-14-19-27-37)45(46)38-28-20-15-21-29-38/h13-22,24-30,34H,5-12,23,31-33H2,1-4H3. The zero-order chi connectivity index (χ0) is 32.1. The van der Waals surface area contributed by atoms with Crippen LogP contribution in [0.15, 0.2) is 109 Å². The fourth-order valence-electron chi connectivity index (χ4n) is 7.24. The number of benzene rings is 5. The van der Waals surface area contributed by atoms with Gasteiger partial charge in [0.25, 0.3) is 0 Å². The molecule has 0 nitrogen and oxygen atoms in total. The monoisotopic (exact) mass is 606 g/mol. The first-order valence-electron chi connectivity index (χ1n) is 18.2. The van der Waals surface area contributed by atoms with E-state index in [1.165, 1.54) is 95.9 Å². The van der Waals surface area contributed by atoms with E-state index in [-0.39, 0.29) is 0 Å². The highest BCUT2D eigenvalue weighted by molar-refractivity contribution is 6.05. The first kappa shape index (κ1) is 33.5. The van der Waals surface area contributed by atoms with Gasteiger partial charge in [0.15, 0.2) is 0 Å². The van der Waals surface area contributed by atoms with Crippen molar-refractivity contribution in [1.82, 2.24) is 0 Å². The van der Waals surface area contributed by atoms with E-state index in [0.717, 1.165) is 25.7 Å². The molecule has 0 heteroatoms. The van der Waals surface area contributed by atoms with Crippen molar-refractivity contribution in [1.29, 1.82) is 0 Å². The lowest BCUT2D eigenvalue weighted by molar-refractivity contribution is 0.755. The molecule has 0 spiro atoms. The molecule has 0 aromatic heterocycles. The zero-order valence-corrected chi connectivity index (χ0v) is 28.9. The molecule has 0 saturated heterocycles. The topological polar surface area (TPSA) is 0 Å². The summed E-state index contributed by atoms with van der Waals surface area (Å²) in [4.78, 5) is 0. The van der Waals surface area contributed by atoms with Crippen LogP contribution in [-0.2, 0) is 25.7 Å². The molecular weight excluding hydrogens is 553 g/mol. The Morgan fingerprint density at radius 3 is 1.20 bits per heavy atom. The highest BCUT2D eigenvalue weighted by atomic mass is 14.3. The Morgan fingerprint density at radius 1 is 0.326 bits per heavy atom. The average Bonchev–Trinajstić information content (AvgIpc) is 3.11. The second-order valence-corrected chi connectivity index (χ2v) is 12.9. The van der Waals surface area contributed by atoms with Gasteiger partial charge in [-0.05, 0) is 118 Å². The Bertz CT molecular complexity index is 1640. The predicted molar refractivity (Wildman–Crippen MR) is 203 cm³/mol. The molecule has 0 unspecified atom stereocenters. The van der Waals surface area contributed by atoms with Gasteiger partial charge in [0.2, 0.25) is 0 Å². The van der Waals surface area contributed by atoms with Crippen molar-refractivity contribution in [3.05, 3.63) is 131 Å². The van der Waals surface area contributed by atoms with E-state index in [9.17, 15) is 0 Å². The van der Waals surface area contributed by atoms with Crippen molar-refractivity contribution < 1.29 is 0 Å². The molecular formula is C46H54. The molecule has 0 saturated carbocycles. The first-order chi connectivity index (χ1) is 22.7. The summed E-state index contributed by atoms with van der Waals surface area (Å²) in [5.41, 5.74) is 17.4. The first-order valence-corrected chi connectivity index (χ1v) is 18.2. The number of hydrogen-bond donors (Lipinski definition) is 0. The van der Waals surface area contributed by atoms with Gasteiger partial charge in [0.1, 0.15) is 0 Å². The van der Waals surface area contributed by atoms with Gasteiger partial charge < -0.3 is 0 Å². The van der Waals surface area contributed by atoms with Gasteiger partial charge in [0, 0.05) is 0 Å². The summed E-state index contributed by atoms with van der Waals surface area (Å²) in [6.07, 6.45) is 14.1. The molecule has 238 valence electrons. The van der Waals surface area contributed by atoms with Crippen LogP contribution in [0.25, 0.3) is 44.5 Å². The maximum Gasteiger partial charge on any atom is -0.00175 e. The number of aryl methyl sites for hydroxylation is 1. The maximum absolute atomic E-state index is 2.47. The van der Waals surface area contributed by atoms with Crippen LogP contribution < -0.4 is 0 Å². The largest absolute Gasteiger partial charge is 0.0654 e. The highest BCUT2D eigenvalue weighted by Gasteiger charge is 2.28. The van der Waals surface area contributed by atoms with Crippen LogP contribution in [0.3, 0.4) is 0 Å². The summed E-state index contributed by atoms with van der Waals surface area (Å²) in [6, 6.07) is 41.1. The summed E-state index contributed by atoms with van der Waals surface area (Å²) in [7, 11) is 0. The lowest BCUT2D eigenvalue weighted by Crippen LogP contribution is -2.09. The SMILES string of the molecule is CCCCc1cccc(-c2c(CCCC)c(CCCC)c(-c3ccccc3)c(-c3ccccc3)c2-c2ccccc2)c1CCCC. The summed E-state index contributed by atoms with van der Waals surface area (Å²) in [5, 5.41) is 0. The van der Waals surface area contributed by atoms with Gasteiger partial charge in [0.05, 0.1) is 0 Å². The molecule has 5 aromatic carbocycles. The Balaban J connectivity index is 2.04. The quantitative estimate of drug-likeness (QED) is 0.105. The molecule has 0 fully saturated rings. The Kier molecular flexibility index (Phi) is 12.5. The minimum Gasteiger partial charge on any atom is -0.0654 e. The molecule has 0 aliphatic heterocycles. The van der Waals surface area contributed by atoms with Crippen LogP contribution in [0.4, 0.5) is 0 Å². The third-order valence-corrected chi connectivity index (χ3v) is 9.59. The lowest BCUT2D eigenvalue weighted by atomic mass is 9.74. The second kappa shape index (κ2) is 17.1. The van der Waals surface area contributed by atoms with Gasteiger partial charge in [-0.25, -0.2) is 0 Å². The number of hydrogen-bond acceptors (Lipinski definition) is 0. The van der Waals surface area contributed by atoms with E-state index in [0.29, 0.717) is 0 Å². The number of rotatable bonds is 16. The fraction of sp³-hybridized carbons (Fsp3) is 0.348. The third-order valence-electron chi connectivity index (χ3n) is 9.59. The van der Waals surface area contributed by atoms with Crippen LogP contribution in [0.2, 0.25) is 0 Å². The molecule has 5 rings (SSSR count). The average molecular weight is 607 g/mol. The second-order valence-electron chi connectivity index (χ2n) is 12.9.